The maximum Gasteiger partial charge on any atom is 0.235 e. The fourth-order valence-electron chi connectivity index (χ4n) is 0.842. The lowest BCUT2D eigenvalue weighted by Gasteiger charge is -2.06. The molecule has 0 N–H and O–H groups in total. The van der Waals surface area contributed by atoms with E-state index in [1.807, 2.05) is 0 Å². The summed E-state index contributed by atoms with van der Waals surface area (Å²) in [7, 11) is 0. The second kappa shape index (κ2) is 5.66. The van der Waals surface area contributed by atoms with Gasteiger partial charge < -0.3 is 4.74 Å². The van der Waals surface area contributed by atoms with Gasteiger partial charge in [0.25, 0.3) is 0 Å². The Kier molecular flexibility index (Phi) is 4.47. The van der Waals surface area contributed by atoms with Crippen LogP contribution >= 0.6 is 23.2 Å². The number of hydrogen-bond donors (Lipinski definition) is 0. The van der Waals surface area contributed by atoms with Gasteiger partial charge in [-0.2, -0.15) is 0 Å². The zero-order valence-electron chi connectivity index (χ0n) is 7.17. The molecule has 0 fully saturated rings. The molecule has 0 unspecified atom stereocenters. The summed E-state index contributed by atoms with van der Waals surface area (Å²) in [5, 5.41) is 0.798. The van der Waals surface area contributed by atoms with Crippen LogP contribution in [0.1, 0.15) is 0 Å². The smallest absolute Gasteiger partial charge is 0.235 e. The van der Waals surface area contributed by atoms with Gasteiger partial charge in [-0.3, -0.25) is 0 Å². The second-order valence-corrected chi connectivity index (χ2v) is 3.16. The Hall–Kier alpha value is -1.02. The normalized spacial score (nSPS) is 9.29. The van der Waals surface area contributed by atoms with Crippen LogP contribution in [0.5, 0.6) is 5.75 Å². The topological polar surface area (TPSA) is 38.7 Å². The number of ether oxygens (including phenoxy) is 1. The fraction of sp³-hybridized carbons (Fsp3) is 0.222. The van der Waals surface area contributed by atoms with E-state index in [0.29, 0.717) is 15.8 Å². The zero-order valence-corrected chi connectivity index (χ0v) is 8.68. The highest BCUT2D eigenvalue weighted by atomic mass is 35.5. The van der Waals surface area contributed by atoms with Crippen LogP contribution in [0.3, 0.4) is 0 Å². The minimum atomic E-state index is 0.256. The summed E-state index contributed by atoms with van der Waals surface area (Å²) in [4.78, 5) is 13.1. The van der Waals surface area contributed by atoms with Crippen molar-refractivity contribution in [1.82, 2.24) is 0 Å². The van der Waals surface area contributed by atoms with Crippen LogP contribution in [0.25, 0.3) is 0 Å². The maximum atomic E-state index is 9.74. The van der Waals surface area contributed by atoms with E-state index < -0.39 is 0 Å². The van der Waals surface area contributed by atoms with Gasteiger partial charge in [0.2, 0.25) is 6.08 Å². The standard InChI is InChI=1S/C9H7Cl2NO2/c10-7-2-1-3-8(9(7)11)14-5-4-12-6-13/h1-3H,4-5H2. The van der Waals surface area contributed by atoms with Gasteiger partial charge in [-0.15, -0.1) is 0 Å². The molecule has 3 nitrogen and oxygen atoms in total. The Morgan fingerprint density at radius 1 is 1.43 bits per heavy atom. The molecule has 1 rings (SSSR count). The molecule has 0 aliphatic carbocycles. The van der Waals surface area contributed by atoms with Gasteiger partial charge >= 0.3 is 0 Å². The van der Waals surface area contributed by atoms with Crippen molar-refractivity contribution in [3.8, 4) is 5.75 Å². The van der Waals surface area contributed by atoms with Crippen molar-refractivity contribution in [3.05, 3.63) is 28.2 Å². The van der Waals surface area contributed by atoms with Gasteiger partial charge in [0, 0.05) is 0 Å². The first-order chi connectivity index (χ1) is 6.75. The van der Waals surface area contributed by atoms with Crippen LogP contribution < -0.4 is 4.74 Å². The van der Waals surface area contributed by atoms with Crippen molar-refractivity contribution < 1.29 is 9.53 Å². The van der Waals surface area contributed by atoms with Gasteiger partial charge in [0.05, 0.1) is 11.6 Å². The van der Waals surface area contributed by atoms with Crippen molar-refractivity contribution in [1.29, 1.82) is 0 Å². The van der Waals surface area contributed by atoms with E-state index in [4.69, 9.17) is 27.9 Å². The number of halogens is 2. The lowest BCUT2D eigenvalue weighted by molar-refractivity contribution is 0.328. The summed E-state index contributed by atoms with van der Waals surface area (Å²) in [5.74, 6) is 0.486. The number of hydrogen-bond acceptors (Lipinski definition) is 3. The lowest BCUT2D eigenvalue weighted by Crippen LogP contribution is -2.01. The van der Waals surface area contributed by atoms with Gasteiger partial charge in [0.1, 0.15) is 17.4 Å². The molecule has 0 saturated heterocycles. The fourth-order valence-corrected chi connectivity index (χ4v) is 1.19. The summed E-state index contributed by atoms with van der Waals surface area (Å²) >= 11 is 11.6. The van der Waals surface area contributed by atoms with Crippen molar-refractivity contribution >= 4 is 29.3 Å². The maximum absolute atomic E-state index is 9.74. The molecule has 0 aliphatic heterocycles. The predicted octanol–water partition coefficient (Wildman–Crippen LogP) is 2.71. The molecule has 0 saturated carbocycles. The summed E-state index contributed by atoms with van der Waals surface area (Å²) in [6, 6.07) is 5.09. The van der Waals surface area contributed by atoms with E-state index in [0.717, 1.165) is 0 Å². The first kappa shape index (κ1) is 11.1. The van der Waals surface area contributed by atoms with Crippen LogP contribution in [0, 0.1) is 0 Å². The number of carbonyl (C=O) groups excluding carboxylic acids is 1. The van der Waals surface area contributed by atoms with Crippen LogP contribution in [0.4, 0.5) is 0 Å². The summed E-state index contributed by atoms with van der Waals surface area (Å²) in [6.45, 7) is 0.529. The van der Waals surface area contributed by atoms with Crippen molar-refractivity contribution in [3.63, 3.8) is 0 Å². The average molecular weight is 232 g/mol. The van der Waals surface area contributed by atoms with Crippen LogP contribution in [0.2, 0.25) is 10.0 Å². The molecule has 1 aromatic carbocycles. The molecule has 0 amide bonds. The molecule has 5 heteroatoms. The Balaban J connectivity index is 2.58. The van der Waals surface area contributed by atoms with E-state index in [9.17, 15) is 4.79 Å². The Bertz CT molecular complexity index is 362. The number of aliphatic imine (C=N–C) groups is 1. The van der Waals surface area contributed by atoms with E-state index >= 15 is 0 Å². The predicted molar refractivity (Wildman–Crippen MR) is 54.9 cm³/mol. The van der Waals surface area contributed by atoms with Gasteiger partial charge in [-0.05, 0) is 12.1 Å². The monoisotopic (exact) mass is 231 g/mol. The Morgan fingerprint density at radius 2 is 2.21 bits per heavy atom. The number of rotatable bonds is 4. The van der Waals surface area contributed by atoms with Crippen molar-refractivity contribution in [2.24, 2.45) is 4.99 Å². The van der Waals surface area contributed by atoms with Crippen LogP contribution in [0.15, 0.2) is 23.2 Å². The van der Waals surface area contributed by atoms with Gasteiger partial charge in [-0.25, -0.2) is 9.79 Å². The summed E-state index contributed by atoms with van der Waals surface area (Å²) in [6.07, 6.45) is 1.42. The third-order valence-corrected chi connectivity index (χ3v) is 2.24. The van der Waals surface area contributed by atoms with E-state index in [1.54, 1.807) is 18.2 Å². The van der Waals surface area contributed by atoms with Crippen LogP contribution in [-0.4, -0.2) is 19.2 Å². The molecule has 0 radical (unpaired) electrons. The number of isocyanates is 1. The Labute approximate surface area is 91.3 Å². The van der Waals surface area contributed by atoms with Crippen molar-refractivity contribution in [2.75, 3.05) is 13.2 Å². The highest BCUT2D eigenvalue weighted by Gasteiger charge is 2.04. The van der Waals surface area contributed by atoms with E-state index in [1.165, 1.54) is 6.08 Å². The number of benzene rings is 1. The molecule has 0 aliphatic rings. The minimum absolute atomic E-state index is 0.256. The van der Waals surface area contributed by atoms with Crippen LogP contribution in [-0.2, 0) is 4.79 Å². The third-order valence-electron chi connectivity index (χ3n) is 1.44. The van der Waals surface area contributed by atoms with E-state index in [2.05, 4.69) is 4.99 Å². The van der Waals surface area contributed by atoms with Gasteiger partial charge in [-0.1, -0.05) is 29.3 Å². The molecule has 14 heavy (non-hydrogen) atoms. The summed E-state index contributed by atoms with van der Waals surface area (Å²) < 4.78 is 5.23. The largest absolute Gasteiger partial charge is 0.490 e. The molecule has 0 atom stereocenters. The zero-order chi connectivity index (χ0) is 10.4. The average Bonchev–Trinajstić information content (AvgIpc) is 2.19. The number of nitrogens with zero attached hydrogens (tertiary/aromatic N) is 1. The lowest BCUT2D eigenvalue weighted by atomic mass is 10.3. The van der Waals surface area contributed by atoms with Crippen molar-refractivity contribution in [2.45, 2.75) is 0 Å². The molecular formula is C9H7Cl2NO2. The molecule has 1 aromatic rings. The first-order valence-corrected chi connectivity index (χ1v) is 4.61. The highest BCUT2D eigenvalue weighted by Crippen LogP contribution is 2.31. The third kappa shape index (κ3) is 3.04. The van der Waals surface area contributed by atoms with Gasteiger partial charge in [0.15, 0.2) is 0 Å². The molecule has 74 valence electrons. The van der Waals surface area contributed by atoms with E-state index in [-0.39, 0.29) is 13.2 Å². The molecule has 0 aromatic heterocycles. The first-order valence-electron chi connectivity index (χ1n) is 3.86. The second-order valence-electron chi connectivity index (χ2n) is 2.37. The molecule has 0 bridgehead atoms. The molecular weight excluding hydrogens is 225 g/mol. The highest BCUT2D eigenvalue weighted by molar-refractivity contribution is 6.42. The quantitative estimate of drug-likeness (QED) is 0.454. The minimum Gasteiger partial charge on any atom is -0.490 e. The summed E-state index contributed by atoms with van der Waals surface area (Å²) in [5.41, 5.74) is 0. The Morgan fingerprint density at radius 3 is 2.93 bits per heavy atom. The SMILES string of the molecule is O=C=NCCOc1cccc(Cl)c1Cl. The molecule has 0 spiro atoms. The molecule has 0 heterocycles.